The highest BCUT2D eigenvalue weighted by Gasteiger charge is 2.40. The van der Waals surface area contributed by atoms with Gasteiger partial charge in [-0.2, -0.15) is 5.26 Å². The number of thiophene rings is 1. The lowest BCUT2D eigenvalue weighted by atomic mass is 9.87. The molecule has 2 aliphatic heterocycles. The Kier molecular flexibility index (Phi) is 7.20. The zero-order chi connectivity index (χ0) is 28.1. The number of fused-ring (bicyclic) bond motifs is 4. The van der Waals surface area contributed by atoms with Crippen molar-refractivity contribution in [1.29, 1.82) is 5.26 Å². The Morgan fingerprint density at radius 1 is 1.26 bits per heavy atom. The van der Waals surface area contributed by atoms with Crippen LogP contribution in [0, 0.1) is 24.1 Å². The summed E-state index contributed by atoms with van der Waals surface area (Å²) in [7, 11) is 3.95. The van der Waals surface area contributed by atoms with Crippen LogP contribution in [0.3, 0.4) is 0 Å². The van der Waals surface area contributed by atoms with E-state index in [4.69, 9.17) is 20.4 Å². The minimum absolute atomic E-state index is 0.0480. The van der Waals surface area contributed by atoms with E-state index >= 15 is 4.39 Å². The number of aliphatic hydroxyl groups excluding tert-OH is 1. The molecule has 2 aliphatic rings. The van der Waals surface area contributed by atoms with Crippen LogP contribution < -0.4 is 10.6 Å². The van der Waals surface area contributed by atoms with E-state index in [9.17, 15) is 10.4 Å². The molecular weight excluding hydrogens is 515 g/mol. The van der Waals surface area contributed by atoms with Crippen molar-refractivity contribution in [2.24, 2.45) is 0 Å². The molecule has 204 valence electrons. The number of nitrogens with two attached hydrogens (primary N) is 1. The molecular formula is C29H33FN6O2S. The largest absolute Gasteiger partial charge is 0.394 e. The second kappa shape index (κ2) is 10.3. The van der Waals surface area contributed by atoms with Crippen LogP contribution in [0.4, 0.5) is 15.3 Å². The zero-order valence-corrected chi connectivity index (χ0v) is 23.7. The van der Waals surface area contributed by atoms with Gasteiger partial charge in [0.2, 0.25) is 5.95 Å². The van der Waals surface area contributed by atoms with Crippen LogP contribution in [0.25, 0.3) is 32.1 Å². The smallest absolute Gasteiger partial charge is 0.225 e. The number of ether oxygens (including phenoxy) is 1. The number of aromatic nitrogens is 2. The first-order chi connectivity index (χ1) is 18.8. The maximum atomic E-state index is 15.6. The summed E-state index contributed by atoms with van der Waals surface area (Å²) in [5.41, 5.74) is 10.6. The quantitative estimate of drug-likeness (QED) is 0.368. The highest BCUT2D eigenvalue weighted by atomic mass is 32.1. The molecule has 10 heteroatoms. The second-order valence-corrected chi connectivity index (χ2v) is 11.2. The number of hydrogen-bond donors (Lipinski definition) is 2. The van der Waals surface area contributed by atoms with Crippen molar-refractivity contribution in [2.45, 2.75) is 45.9 Å². The van der Waals surface area contributed by atoms with Crippen molar-refractivity contribution in [3.63, 3.8) is 0 Å². The van der Waals surface area contributed by atoms with Crippen LogP contribution in [-0.4, -0.2) is 59.3 Å². The van der Waals surface area contributed by atoms with Crippen LogP contribution in [0.2, 0.25) is 0 Å². The Bertz CT molecular complexity index is 1630. The molecule has 8 nitrogen and oxygen atoms in total. The van der Waals surface area contributed by atoms with Crippen molar-refractivity contribution < 1.29 is 14.2 Å². The van der Waals surface area contributed by atoms with Gasteiger partial charge in [0.25, 0.3) is 0 Å². The third-order valence-electron chi connectivity index (χ3n) is 8.04. The maximum Gasteiger partial charge on any atom is 0.225 e. The molecule has 4 heterocycles. The predicted molar refractivity (Wildman–Crippen MR) is 154 cm³/mol. The summed E-state index contributed by atoms with van der Waals surface area (Å²) in [5.74, 6) is 0.166. The van der Waals surface area contributed by atoms with Gasteiger partial charge in [0.1, 0.15) is 16.9 Å². The van der Waals surface area contributed by atoms with Crippen LogP contribution >= 0.6 is 11.3 Å². The average Bonchev–Trinajstić information content (AvgIpc) is 3.68. The Hall–Kier alpha value is -3.36. The first-order valence-corrected chi connectivity index (χ1v) is 13.9. The van der Waals surface area contributed by atoms with Gasteiger partial charge in [0.15, 0.2) is 0 Å². The van der Waals surface area contributed by atoms with Crippen molar-refractivity contribution >= 4 is 43.3 Å². The number of hydrogen-bond acceptors (Lipinski definition) is 9. The van der Waals surface area contributed by atoms with Crippen LogP contribution in [0.5, 0.6) is 0 Å². The summed E-state index contributed by atoms with van der Waals surface area (Å²) >= 11 is 1.29. The molecule has 2 aromatic carbocycles. The maximum absolute atomic E-state index is 15.6. The Balaban J connectivity index is 0.00000151. The van der Waals surface area contributed by atoms with Crippen molar-refractivity contribution in [1.82, 2.24) is 14.9 Å². The van der Waals surface area contributed by atoms with Gasteiger partial charge in [-0.15, -0.1) is 11.3 Å². The summed E-state index contributed by atoms with van der Waals surface area (Å²) in [6.45, 7) is 8.04. The summed E-state index contributed by atoms with van der Waals surface area (Å²) in [4.78, 5) is 13.8. The molecule has 3 N–H and O–H groups in total. The molecule has 0 spiro atoms. The third-order valence-corrected chi connectivity index (χ3v) is 9.03. The SMILES string of the molecule is CC.Cc1c(-c2c(F)ccc3sc(N)c(C#N)c23)c2c(c3cnc(N4CCC(CO)(N(C)C)C4)nc13)COC2. The van der Waals surface area contributed by atoms with Gasteiger partial charge in [0.05, 0.1) is 36.4 Å². The van der Waals surface area contributed by atoms with E-state index in [1.165, 1.54) is 17.4 Å². The molecule has 39 heavy (non-hydrogen) atoms. The van der Waals surface area contributed by atoms with Gasteiger partial charge >= 0.3 is 0 Å². The fourth-order valence-corrected chi connectivity index (χ4v) is 6.74. The second-order valence-electron chi connectivity index (χ2n) is 10.1. The lowest BCUT2D eigenvalue weighted by molar-refractivity contribution is 0.0866. The number of nitrogens with zero attached hydrogens (tertiary/aromatic N) is 5. The zero-order valence-electron chi connectivity index (χ0n) is 22.9. The Morgan fingerprint density at radius 2 is 2.00 bits per heavy atom. The Labute approximate surface area is 231 Å². The minimum atomic E-state index is -0.411. The Morgan fingerprint density at radius 3 is 2.67 bits per heavy atom. The van der Waals surface area contributed by atoms with E-state index in [-0.39, 0.29) is 12.1 Å². The first-order valence-electron chi connectivity index (χ1n) is 13.1. The number of likely N-dealkylation sites (N-methyl/N-ethyl adjacent to an activating group) is 1. The number of halogens is 1. The predicted octanol–water partition coefficient (Wildman–Crippen LogP) is 4.97. The topological polar surface area (TPSA) is 112 Å². The number of aryl methyl sites for hydroxylation is 1. The number of nitrogen functional groups attached to an aromatic ring is 1. The van der Waals surface area contributed by atoms with E-state index in [0.717, 1.165) is 45.3 Å². The molecule has 1 fully saturated rings. The molecule has 0 amide bonds. The number of benzene rings is 2. The fourth-order valence-electron chi connectivity index (χ4n) is 5.81. The van der Waals surface area contributed by atoms with Crippen LogP contribution in [-0.2, 0) is 18.0 Å². The number of rotatable bonds is 4. The van der Waals surface area contributed by atoms with E-state index in [0.29, 0.717) is 52.8 Å². The molecule has 0 aliphatic carbocycles. The molecule has 0 saturated carbocycles. The van der Waals surface area contributed by atoms with E-state index in [2.05, 4.69) is 15.9 Å². The molecule has 0 radical (unpaired) electrons. The average molecular weight is 549 g/mol. The molecule has 0 bridgehead atoms. The lowest BCUT2D eigenvalue weighted by Gasteiger charge is -2.34. The van der Waals surface area contributed by atoms with E-state index in [1.807, 2.05) is 41.1 Å². The van der Waals surface area contributed by atoms with Crippen LogP contribution in [0.15, 0.2) is 18.3 Å². The molecule has 6 rings (SSSR count). The summed E-state index contributed by atoms with van der Waals surface area (Å²) < 4.78 is 22.3. The van der Waals surface area contributed by atoms with Gasteiger partial charge < -0.3 is 20.5 Å². The van der Waals surface area contributed by atoms with Gasteiger partial charge in [0, 0.05) is 40.3 Å². The molecule has 1 saturated heterocycles. The van der Waals surface area contributed by atoms with Crippen LogP contribution in [0.1, 0.15) is 42.5 Å². The minimum Gasteiger partial charge on any atom is -0.394 e. The van der Waals surface area contributed by atoms with Gasteiger partial charge in [-0.25, -0.2) is 14.4 Å². The van der Waals surface area contributed by atoms with E-state index < -0.39 is 5.82 Å². The van der Waals surface area contributed by atoms with E-state index in [1.54, 1.807) is 6.07 Å². The lowest BCUT2D eigenvalue weighted by Crippen LogP contribution is -2.49. The molecule has 4 aromatic rings. The highest BCUT2D eigenvalue weighted by molar-refractivity contribution is 7.23. The van der Waals surface area contributed by atoms with Gasteiger partial charge in [-0.3, -0.25) is 4.90 Å². The first kappa shape index (κ1) is 27.2. The summed E-state index contributed by atoms with van der Waals surface area (Å²) in [6, 6.07) is 5.29. The van der Waals surface area contributed by atoms with Gasteiger partial charge in [-0.05, 0) is 61.8 Å². The molecule has 2 aromatic heterocycles. The molecule has 1 atom stereocenters. The highest BCUT2D eigenvalue weighted by Crippen LogP contribution is 2.46. The fraction of sp³-hybridized carbons (Fsp3) is 0.414. The standard InChI is InChI=1S/C27H27FN6O2S.C2H6/c1-14-21(23-19(28)4-5-20-22(23)15(8-29)25(30)37-20)18-11-36-10-17(18)16-9-31-26(32-24(14)16)34-7-6-27(12-34,13-35)33(2)3;1-2/h4-5,9,35H,6-7,10-13,30H2,1-3H3;1-2H3. The van der Waals surface area contributed by atoms with Crippen molar-refractivity contribution in [3.8, 4) is 17.2 Å². The summed E-state index contributed by atoms with van der Waals surface area (Å²) in [6.07, 6.45) is 2.63. The van der Waals surface area contributed by atoms with Gasteiger partial charge in [-0.1, -0.05) is 13.8 Å². The van der Waals surface area contributed by atoms with Crippen molar-refractivity contribution in [2.75, 3.05) is 44.4 Å². The number of aliphatic hydroxyl groups is 1. The number of nitriles is 1. The summed E-state index contributed by atoms with van der Waals surface area (Å²) in [5, 5.41) is 21.7. The normalized spacial score (nSPS) is 18.5. The molecule has 1 unspecified atom stereocenters. The third kappa shape index (κ3) is 4.12. The van der Waals surface area contributed by atoms with Crippen molar-refractivity contribution in [3.05, 3.63) is 46.4 Å². The monoisotopic (exact) mass is 548 g/mol. The number of anilines is 2.